The van der Waals surface area contributed by atoms with Gasteiger partial charge in [0.25, 0.3) is 0 Å². The quantitative estimate of drug-likeness (QED) is 0.790. The molecule has 0 radical (unpaired) electrons. The minimum atomic E-state index is -0.512. The largest absolute Gasteiger partial charge is 0.312 e. The Hall–Kier alpha value is -0.520. The van der Waals surface area contributed by atoms with Crippen molar-refractivity contribution in [3.05, 3.63) is 33.8 Å². The van der Waals surface area contributed by atoms with Gasteiger partial charge in [-0.3, -0.25) is 0 Å². The minimum Gasteiger partial charge on any atom is -0.312 e. The number of halogens is 3. The Labute approximate surface area is 128 Å². The summed E-state index contributed by atoms with van der Waals surface area (Å²) < 4.78 is 28.3. The van der Waals surface area contributed by atoms with Gasteiger partial charge in [0.05, 0.1) is 4.47 Å². The van der Waals surface area contributed by atoms with E-state index in [1.54, 1.807) is 0 Å². The third kappa shape index (κ3) is 3.77. The van der Waals surface area contributed by atoms with E-state index < -0.39 is 11.6 Å². The van der Waals surface area contributed by atoms with Crippen LogP contribution in [0.2, 0.25) is 0 Å². The highest BCUT2D eigenvalue weighted by molar-refractivity contribution is 9.10. The second-order valence-corrected chi connectivity index (χ2v) is 6.54. The molecule has 0 aliphatic carbocycles. The van der Waals surface area contributed by atoms with Gasteiger partial charge < -0.3 is 10.2 Å². The van der Waals surface area contributed by atoms with Crippen molar-refractivity contribution in [1.82, 2.24) is 10.2 Å². The molecule has 1 atom stereocenters. The molecule has 0 saturated heterocycles. The van der Waals surface area contributed by atoms with Crippen LogP contribution < -0.4 is 5.32 Å². The minimum absolute atomic E-state index is 0.0548. The van der Waals surface area contributed by atoms with Crippen molar-refractivity contribution >= 4 is 15.9 Å². The van der Waals surface area contributed by atoms with Gasteiger partial charge in [0.2, 0.25) is 0 Å². The third-order valence-corrected chi connectivity index (χ3v) is 4.62. The molecule has 1 aromatic rings. The predicted octanol–water partition coefficient (Wildman–Crippen LogP) is 3.59. The zero-order chi connectivity index (χ0) is 15.5. The Morgan fingerprint density at radius 2 is 1.90 bits per heavy atom. The van der Waals surface area contributed by atoms with Gasteiger partial charge in [-0.1, -0.05) is 6.92 Å². The molecule has 20 heavy (non-hydrogen) atoms. The Balaban J connectivity index is 3.12. The lowest BCUT2D eigenvalue weighted by molar-refractivity contribution is 0.137. The molecule has 0 heterocycles. The van der Waals surface area contributed by atoms with Crippen molar-refractivity contribution in [1.29, 1.82) is 0 Å². The summed E-state index contributed by atoms with van der Waals surface area (Å²) in [5.74, 6) is -1.01. The fraction of sp³-hybridized carbons (Fsp3) is 0.600. The first-order valence-corrected chi connectivity index (χ1v) is 7.54. The van der Waals surface area contributed by atoms with Gasteiger partial charge in [-0.15, -0.1) is 0 Å². The van der Waals surface area contributed by atoms with E-state index in [0.717, 1.165) is 6.54 Å². The number of rotatable bonds is 6. The molecule has 1 aromatic carbocycles. The van der Waals surface area contributed by atoms with Gasteiger partial charge in [0.15, 0.2) is 0 Å². The molecule has 0 aliphatic heterocycles. The van der Waals surface area contributed by atoms with Crippen LogP contribution in [0.3, 0.4) is 0 Å². The van der Waals surface area contributed by atoms with Gasteiger partial charge >= 0.3 is 0 Å². The molecule has 0 amide bonds. The fourth-order valence-corrected chi connectivity index (χ4v) is 2.46. The number of benzene rings is 1. The summed E-state index contributed by atoms with van der Waals surface area (Å²) in [4.78, 5) is 2.06. The van der Waals surface area contributed by atoms with Crippen molar-refractivity contribution in [2.24, 2.45) is 0 Å². The van der Waals surface area contributed by atoms with Crippen LogP contribution in [-0.2, 0) is 6.42 Å². The van der Waals surface area contributed by atoms with E-state index in [1.165, 1.54) is 12.1 Å². The molecular formula is C15H23BrF2N2. The van der Waals surface area contributed by atoms with Crippen LogP contribution in [0, 0.1) is 11.6 Å². The number of nitrogens with one attached hydrogen (secondary N) is 1. The number of likely N-dealkylation sites (N-methyl/N-ethyl adjacent to an activating group) is 2. The van der Waals surface area contributed by atoms with E-state index in [1.807, 2.05) is 21.0 Å². The summed E-state index contributed by atoms with van der Waals surface area (Å²) >= 11 is 3.12. The number of nitrogens with zero attached hydrogens (tertiary/aromatic N) is 1. The molecule has 5 heteroatoms. The lowest BCUT2D eigenvalue weighted by Crippen LogP contribution is -2.56. The zero-order valence-corrected chi connectivity index (χ0v) is 14.3. The van der Waals surface area contributed by atoms with Crippen molar-refractivity contribution in [3.8, 4) is 0 Å². The van der Waals surface area contributed by atoms with E-state index in [2.05, 4.69) is 40.0 Å². The van der Waals surface area contributed by atoms with Crippen molar-refractivity contribution < 1.29 is 8.78 Å². The fourth-order valence-electron chi connectivity index (χ4n) is 2.09. The first-order valence-electron chi connectivity index (χ1n) is 6.75. The summed E-state index contributed by atoms with van der Waals surface area (Å²) in [6.07, 6.45) is 0.302. The smallest absolute Gasteiger partial charge is 0.143 e. The standard InChI is InChI=1S/C15H23BrF2N2/c1-6-19-13(15(2,3)20(4)5)9-10-12(17)8-7-11(16)14(10)18/h7-8,13,19H,6,9H2,1-5H3. The third-order valence-electron chi connectivity index (χ3n) is 4.00. The molecule has 1 unspecified atom stereocenters. The average molecular weight is 349 g/mol. The highest BCUT2D eigenvalue weighted by Crippen LogP contribution is 2.26. The summed E-state index contributed by atoms with van der Waals surface area (Å²) in [7, 11) is 3.94. The molecule has 2 nitrogen and oxygen atoms in total. The molecule has 0 spiro atoms. The van der Waals surface area contributed by atoms with Crippen LogP contribution in [0.1, 0.15) is 26.3 Å². The maximum absolute atomic E-state index is 14.1. The average Bonchev–Trinajstić information content (AvgIpc) is 2.37. The molecular weight excluding hydrogens is 326 g/mol. The molecule has 0 saturated carbocycles. The second kappa shape index (κ2) is 6.96. The van der Waals surface area contributed by atoms with E-state index in [9.17, 15) is 8.78 Å². The Morgan fingerprint density at radius 3 is 2.40 bits per heavy atom. The molecule has 1 N–H and O–H groups in total. The highest BCUT2D eigenvalue weighted by atomic mass is 79.9. The van der Waals surface area contributed by atoms with Crippen LogP contribution in [0.25, 0.3) is 0 Å². The molecule has 114 valence electrons. The molecule has 0 fully saturated rings. The summed E-state index contributed by atoms with van der Waals surface area (Å²) in [6, 6.07) is 2.64. The van der Waals surface area contributed by atoms with Gasteiger partial charge in [-0.25, -0.2) is 8.78 Å². The zero-order valence-electron chi connectivity index (χ0n) is 12.7. The van der Waals surface area contributed by atoms with Crippen LogP contribution in [0.15, 0.2) is 16.6 Å². The first-order chi connectivity index (χ1) is 9.21. The molecule has 1 rings (SSSR count). The van der Waals surface area contributed by atoms with Crippen molar-refractivity contribution in [2.45, 2.75) is 38.8 Å². The lowest BCUT2D eigenvalue weighted by Gasteiger charge is -2.41. The van der Waals surface area contributed by atoms with Gasteiger partial charge in [-0.05, 0) is 69.0 Å². The highest BCUT2D eigenvalue weighted by Gasteiger charge is 2.32. The van der Waals surface area contributed by atoms with Crippen LogP contribution >= 0.6 is 15.9 Å². The first kappa shape index (κ1) is 17.5. The Morgan fingerprint density at radius 1 is 1.30 bits per heavy atom. The molecule has 0 bridgehead atoms. The SMILES string of the molecule is CCNC(Cc1c(F)ccc(Br)c1F)C(C)(C)N(C)C. The van der Waals surface area contributed by atoms with Crippen LogP contribution in [-0.4, -0.2) is 37.1 Å². The number of hydrogen-bond acceptors (Lipinski definition) is 2. The van der Waals surface area contributed by atoms with Crippen molar-refractivity contribution in [2.75, 3.05) is 20.6 Å². The monoisotopic (exact) mass is 348 g/mol. The van der Waals surface area contributed by atoms with Crippen LogP contribution in [0.5, 0.6) is 0 Å². The van der Waals surface area contributed by atoms with Crippen molar-refractivity contribution in [3.63, 3.8) is 0 Å². The Bertz CT molecular complexity index is 461. The maximum atomic E-state index is 14.1. The van der Waals surface area contributed by atoms with Gasteiger partial charge in [0.1, 0.15) is 11.6 Å². The molecule has 0 aliphatic rings. The van der Waals surface area contributed by atoms with Gasteiger partial charge in [-0.2, -0.15) is 0 Å². The van der Waals surface area contributed by atoms with E-state index in [-0.39, 0.29) is 17.1 Å². The second-order valence-electron chi connectivity index (χ2n) is 5.68. The summed E-state index contributed by atoms with van der Waals surface area (Å²) in [5.41, 5.74) is -0.0998. The van der Waals surface area contributed by atoms with Gasteiger partial charge in [0, 0.05) is 17.1 Å². The Kier molecular flexibility index (Phi) is 6.10. The predicted molar refractivity (Wildman–Crippen MR) is 83.0 cm³/mol. The normalized spacial score (nSPS) is 13.8. The molecule has 0 aromatic heterocycles. The van der Waals surface area contributed by atoms with E-state index >= 15 is 0 Å². The lowest BCUT2D eigenvalue weighted by atomic mass is 9.87. The van der Waals surface area contributed by atoms with E-state index in [0.29, 0.717) is 10.9 Å². The maximum Gasteiger partial charge on any atom is 0.143 e. The number of hydrogen-bond donors (Lipinski definition) is 1. The topological polar surface area (TPSA) is 15.3 Å². The summed E-state index contributed by atoms with van der Waals surface area (Å²) in [6.45, 7) is 6.87. The summed E-state index contributed by atoms with van der Waals surface area (Å²) in [5, 5.41) is 3.34. The van der Waals surface area contributed by atoms with E-state index in [4.69, 9.17) is 0 Å². The van der Waals surface area contributed by atoms with Crippen LogP contribution in [0.4, 0.5) is 8.78 Å².